The molecule has 1 aliphatic carbocycles. The van der Waals surface area contributed by atoms with E-state index in [4.69, 9.17) is 4.74 Å². The molecule has 1 aliphatic rings. The van der Waals surface area contributed by atoms with Crippen molar-refractivity contribution in [3.63, 3.8) is 0 Å². The third-order valence-electron chi connectivity index (χ3n) is 3.46. The van der Waals surface area contributed by atoms with E-state index in [-0.39, 0.29) is 5.60 Å². The van der Waals surface area contributed by atoms with Crippen molar-refractivity contribution in [3.8, 4) is 0 Å². The molecule has 0 saturated heterocycles. The van der Waals surface area contributed by atoms with Crippen LogP contribution in [-0.4, -0.2) is 25.3 Å². The molecule has 1 fully saturated rings. The Labute approximate surface area is 88.4 Å². The lowest BCUT2D eigenvalue weighted by atomic mass is 9.80. The van der Waals surface area contributed by atoms with Gasteiger partial charge in [0.15, 0.2) is 0 Å². The zero-order valence-corrected chi connectivity index (χ0v) is 9.94. The van der Waals surface area contributed by atoms with Gasteiger partial charge in [0.2, 0.25) is 0 Å². The summed E-state index contributed by atoms with van der Waals surface area (Å²) in [6.07, 6.45) is 7.71. The molecule has 2 nitrogen and oxygen atoms in total. The quantitative estimate of drug-likeness (QED) is 0.680. The third-order valence-corrected chi connectivity index (χ3v) is 3.46. The Hall–Kier alpha value is -0.0800. The van der Waals surface area contributed by atoms with Crippen LogP contribution in [0.1, 0.15) is 52.4 Å². The minimum atomic E-state index is 0.181. The molecule has 0 aromatic carbocycles. The highest BCUT2D eigenvalue weighted by molar-refractivity contribution is 4.91. The van der Waals surface area contributed by atoms with Gasteiger partial charge in [-0.25, -0.2) is 0 Å². The highest BCUT2D eigenvalue weighted by Gasteiger charge is 2.36. The van der Waals surface area contributed by atoms with Crippen molar-refractivity contribution in [1.82, 2.24) is 5.32 Å². The van der Waals surface area contributed by atoms with Crippen LogP contribution in [0, 0.1) is 0 Å². The standard InChI is InChI=1S/C12H25NO/c1-4-5-7-11(2)13-10-12(14-3)8-6-9-12/h11,13H,4-10H2,1-3H3. The van der Waals surface area contributed by atoms with Crippen LogP contribution < -0.4 is 5.32 Å². The third kappa shape index (κ3) is 3.25. The molecular formula is C12H25NO. The van der Waals surface area contributed by atoms with Crippen molar-refractivity contribution in [2.45, 2.75) is 64.0 Å². The summed E-state index contributed by atoms with van der Waals surface area (Å²) in [7, 11) is 1.84. The van der Waals surface area contributed by atoms with Crippen molar-refractivity contribution in [2.24, 2.45) is 0 Å². The topological polar surface area (TPSA) is 21.3 Å². The molecule has 0 amide bonds. The fraction of sp³-hybridized carbons (Fsp3) is 1.00. The summed E-state index contributed by atoms with van der Waals surface area (Å²) in [5, 5.41) is 3.59. The van der Waals surface area contributed by atoms with Crippen LogP contribution in [0.5, 0.6) is 0 Å². The van der Waals surface area contributed by atoms with Crippen LogP contribution in [-0.2, 0) is 4.74 Å². The average Bonchev–Trinajstić information content (AvgIpc) is 2.14. The van der Waals surface area contributed by atoms with Crippen LogP contribution in [0.25, 0.3) is 0 Å². The van der Waals surface area contributed by atoms with E-state index < -0.39 is 0 Å². The molecule has 1 unspecified atom stereocenters. The molecule has 0 radical (unpaired) electrons. The van der Waals surface area contributed by atoms with Gasteiger partial charge in [0.1, 0.15) is 0 Å². The first-order valence-electron chi connectivity index (χ1n) is 6.01. The van der Waals surface area contributed by atoms with E-state index in [9.17, 15) is 0 Å². The fourth-order valence-electron chi connectivity index (χ4n) is 2.00. The lowest BCUT2D eigenvalue weighted by Crippen LogP contribution is -2.49. The van der Waals surface area contributed by atoms with Crippen LogP contribution in [0.2, 0.25) is 0 Å². The largest absolute Gasteiger partial charge is 0.377 e. The normalized spacial score (nSPS) is 21.6. The molecule has 0 spiro atoms. The first-order chi connectivity index (χ1) is 6.72. The van der Waals surface area contributed by atoms with E-state index in [0.29, 0.717) is 6.04 Å². The maximum absolute atomic E-state index is 5.57. The van der Waals surface area contributed by atoms with Gasteiger partial charge in [0, 0.05) is 19.7 Å². The number of ether oxygens (including phenoxy) is 1. The van der Waals surface area contributed by atoms with Gasteiger partial charge >= 0.3 is 0 Å². The van der Waals surface area contributed by atoms with Gasteiger partial charge in [-0.15, -0.1) is 0 Å². The van der Waals surface area contributed by atoms with Crippen LogP contribution in [0.4, 0.5) is 0 Å². The summed E-state index contributed by atoms with van der Waals surface area (Å²) in [5.74, 6) is 0. The van der Waals surface area contributed by atoms with Crippen LogP contribution in [0.3, 0.4) is 0 Å². The van der Waals surface area contributed by atoms with E-state index in [1.165, 1.54) is 38.5 Å². The van der Waals surface area contributed by atoms with Crippen molar-refractivity contribution in [3.05, 3.63) is 0 Å². The van der Waals surface area contributed by atoms with Gasteiger partial charge in [0.05, 0.1) is 5.60 Å². The molecule has 1 saturated carbocycles. The maximum atomic E-state index is 5.57. The molecular weight excluding hydrogens is 174 g/mol. The van der Waals surface area contributed by atoms with Crippen molar-refractivity contribution in [2.75, 3.05) is 13.7 Å². The Morgan fingerprint density at radius 3 is 2.57 bits per heavy atom. The smallest absolute Gasteiger partial charge is 0.0802 e. The lowest BCUT2D eigenvalue weighted by molar-refractivity contribution is -0.0707. The summed E-state index contributed by atoms with van der Waals surface area (Å²) in [6, 6.07) is 0.641. The minimum absolute atomic E-state index is 0.181. The first kappa shape index (κ1) is 12.0. The summed E-state index contributed by atoms with van der Waals surface area (Å²) in [5.41, 5.74) is 0.181. The van der Waals surface area contributed by atoms with Crippen LogP contribution in [0.15, 0.2) is 0 Å². The zero-order chi connectivity index (χ0) is 10.4. The van der Waals surface area contributed by atoms with E-state index in [1.807, 2.05) is 7.11 Å². The molecule has 0 heterocycles. The lowest BCUT2D eigenvalue weighted by Gasteiger charge is -2.41. The second-order valence-electron chi connectivity index (χ2n) is 4.66. The molecule has 1 rings (SSSR count). The summed E-state index contributed by atoms with van der Waals surface area (Å²) in [4.78, 5) is 0. The van der Waals surface area contributed by atoms with Gasteiger partial charge in [0.25, 0.3) is 0 Å². The second-order valence-corrected chi connectivity index (χ2v) is 4.66. The van der Waals surface area contributed by atoms with Crippen molar-refractivity contribution in [1.29, 1.82) is 0 Å². The highest BCUT2D eigenvalue weighted by atomic mass is 16.5. The fourth-order valence-corrected chi connectivity index (χ4v) is 2.00. The minimum Gasteiger partial charge on any atom is -0.377 e. The molecule has 1 N–H and O–H groups in total. The van der Waals surface area contributed by atoms with Gasteiger partial charge in [-0.1, -0.05) is 19.8 Å². The zero-order valence-electron chi connectivity index (χ0n) is 9.94. The van der Waals surface area contributed by atoms with Gasteiger partial charge in [-0.3, -0.25) is 0 Å². The molecule has 0 aliphatic heterocycles. The Morgan fingerprint density at radius 1 is 1.43 bits per heavy atom. The number of unbranched alkanes of at least 4 members (excludes halogenated alkanes) is 1. The van der Waals surface area contributed by atoms with E-state index in [0.717, 1.165) is 6.54 Å². The Bertz CT molecular complexity index is 149. The van der Waals surface area contributed by atoms with Crippen molar-refractivity contribution < 1.29 is 4.74 Å². The van der Waals surface area contributed by atoms with Gasteiger partial charge in [-0.2, -0.15) is 0 Å². The van der Waals surface area contributed by atoms with Gasteiger partial charge in [-0.05, 0) is 32.6 Å². The molecule has 1 atom stereocenters. The predicted octanol–water partition coefficient (Wildman–Crippen LogP) is 2.72. The Balaban J connectivity index is 2.12. The number of rotatable bonds is 7. The number of hydrogen-bond acceptors (Lipinski definition) is 2. The Morgan fingerprint density at radius 2 is 2.14 bits per heavy atom. The summed E-state index contributed by atoms with van der Waals surface area (Å²) in [6.45, 7) is 5.56. The van der Waals surface area contributed by atoms with E-state index in [1.54, 1.807) is 0 Å². The molecule has 84 valence electrons. The molecule has 14 heavy (non-hydrogen) atoms. The van der Waals surface area contributed by atoms with Crippen molar-refractivity contribution >= 4 is 0 Å². The average molecular weight is 199 g/mol. The summed E-state index contributed by atoms with van der Waals surface area (Å²) < 4.78 is 5.57. The Kier molecular flexibility index (Phi) is 4.90. The SMILES string of the molecule is CCCCC(C)NCC1(OC)CCC1. The number of hydrogen-bond donors (Lipinski definition) is 1. The molecule has 0 bridgehead atoms. The second kappa shape index (κ2) is 5.72. The van der Waals surface area contributed by atoms with E-state index >= 15 is 0 Å². The molecule has 2 heteroatoms. The predicted molar refractivity (Wildman–Crippen MR) is 60.6 cm³/mol. The maximum Gasteiger partial charge on any atom is 0.0802 e. The number of nitrogens with one attached hydrogen (secondary N) is 1. The van der Waals surface area contributed by atoms with Gasteiger partial charge < -0.3 is 10.1 Å². The number of methoxy groups -OCH3 is 1. The monoisotopic (exact) mass is 199 g/mol. The highest BCUT2D eigenvalue weighted by Crippen LogP contribution is 2.34. The van der Waals surface area contributed by atoms with Crippen LogP contribution >= 0.6 is 0 Å². The summed E-state index contributed by atoms with van der Waals surface area (Å²) >= 11 is 0. The molecule has 0 aromatic rings. The molecule has 0 aromatic heterocycles. The van der Waals surface area contributed by atoms with E-state index in [2.05, 4.69) is 19.2 Å². The first-order valence-corrected chi connectivity index (χ1v) is 6.01.